The third-order valence-corrected chi connectivity index (χ3v) is 6.12. The summed E-state index contributed by atoms with van der Waals surface area (Å²) in [5.41, 5.74) is 1.76. The van der Waals surface area contributed by atoms with Crippen LogP contribution in [0.15, 0.2) is 53.4 Å². The molecule has 28 heavy (non-hydrogen) atoms. The zero-order valence-electron chi connectivity index (χ0n) is 15.6. The molecule has 3 rings (SSSR count). The predicted octanol–water partition coefficient (Wildman–Crippen LogP) is 1.82. The number of sulfonamides is 1. The Morgan fingerprint density at radius 2 is 1.93 bits per heavy atom. The number of cyclic esters (lactones) is 1. The van der Waals surface area contributed by atoms with Crippen molar-refractivity contribution in [2.24, 2.45) is 0 Å². The third-order valence-electron chi connectivity index (χ3n) is 4.31. The Balaban J connectivity index is 1.70. The summed E-state index contributed by atoms with van der Waals surface area (Å²) >= 11 is 0. The van der Waals surface area contributed by atoms with Gasteiger partial charge in [0.25, 0.3) is 5.91 Å². The first-order valence-electron chi connectivity index (χ1n) is 8.63. The molecule has 1 aliphatic rings. The summed E-state index contributed by atoms with van der Waals surface area (Å²) in [5, 5.41) is 2.77. The van der Waals surface area contributed by atoms with E-state index in [1.165, 1.54) is 37.2 Å². The molecule has 0 unspecified atom stereocenters. The van der Waals surface area contributed by atoms with Crippen LogP contribution in [0.25, 0.3) is 0 Å². The van der Waals surface area contributed by atoms with Crippen molar-refractivity contribution < 1.29 is 22.7 Å². The van der Waals surface area contributed by atoms with Crippen molar-refractivity contribution >= 4 is 27.7 Å². The van der Waals surface area contributed by atoms with E-state index in [0.717, 1.165) is 9.87 Å². The van der Waals surface area contributed by atoms with Crippen LogP contribution in [0, 0.1) is 0 Å². The lowest BCUT2D eigenvalue weighted by Gasteiger charge is -2.14. The summed E-state index contributed by atoms with van der Waals surface area (Å²) in [5.74, 6) is -0.387. The van der Waals surface area contributed by atoms with E-state index in [1.807, 2.05) is 6.07 Å². The molecule has 0 bridgehead atoms. The van der Waals surface area contributed by atoms with Gasteiger partial charge in [0, 0.05) is 31.9 Å². The maximum absolute atomic E-state index is 12.5. The monoisotopic (exact) mass is 403 g/mol. The molecule has 1 heterocycles. The summed E-state index contributed by atoms with van der Waals surface area (Å²) in [6, 6.07) is 13.1. The van der Waals surface area contributed by atoms with Gasteiger partial charge in [0.05, 0.1) is 11.4 Å². The van der Waals surface area contributed by atoms with E-state index in [2.05, 4.69) is 5.32 Å². The van der Waals surface area contributed by atoms with Gasteiger partial charge in [-0.1, -0.05) is 18.2 Å². The lowest BCUT2D eigenvalue weighted by atomic mass is 10.1. The Labute approximate surface area is 163 Å². The van der Waals surface area contributed by atoms with E-state index in [1.54, 1.807) is 24.3 Å². The highest BCUT2D eigenvalue weighted by atomic mass is 32.2. The number of rotatable bonds is 6. The summed E-state index contributed by atoms with van der Waals surface area (Å²) < 4.78 is 30.5. The predicted molar refractivity (Wildman–Crippen MR) is 104 cm³/mol. The van der Waals surface area contributed by atoms with E-state index >= 15 is 0 Å². The van der Waals surface area contributed by atoms with Crippen LogP contribution in [0.2, 0.25) is 0 Å². The number of nitrogens with one attached hydrogen (secondary N) is 1. The minimum absolute atomic E-state index is 0.0553. The number of nitrogens with zero attached hydrogens (tertiary/aromatic N) is 2. The van der Waals surface area contributed by atoms with E-state index < -0.39 is 10.0 Å². The molecule has 1 aliphatic heterocycles. The van der Waals surface area contributed by atoms with Crippen LogP contribution in [0.1, 0.15) is 15.9 Å². The average molecular weight is 403 g/mol. The Bertz CT molecular complexity index is 1000. The Morgan fingerprint density at radius 1 is 1.18 bits per heavy atom. The van der Waals surface area contributed by atoms with Crippen molar-refractivity contribution in [3.8, 4) is 0 Å². The van der Waals surface area contributed by atoms with Crippen molar-refractivity contribution in [3.63, 3.8) is 0 Å². The summed E-state index contributed by atoms with van der Waals surface area (Å²) in [4.78, 5) is 25.7. The minimum Gasteiger partial charge on any atom is -0.447 e. The zero-order valence-corrected chi connectivity index (χ0v) is 16.4. The molecule has 9 heteroatoms. The first kappa shape index (κ1) is 19.8. The molecule has 0 radical (unpaired) electrons. The average Bonchev–Trinajstić information content (AvgIpc) is 3.12. The van der Waals surface area contributed by atoms with E-state index in [9.17, 15) is 18.0 Å². The zero-order chi connectivity index (χ0) is 20.3. The first-order valence-corrected chi connectivity index (χ1v) is 10.1. The third kappa shape index (κ3) is 4.15. The van der Waals surface area contributed by atoms with Gasteiger partial charge in [-0.3, -0.25) is 9.69 Å². The molecule has 1 fully saturated rings. The van der Waals surface area contributed by atoms with Gasteiger partial charge in [0.2, 0.25) is 10.0 Å². The largest absolute Gasteiger partial charge is 0.447 e. The molecule has 148 valence electrons. The van der Waals surface area contributed by atoms with Crippen molar-refractivity contribution in [2.75, 3.05) is 32.1 Å². The van der Waals surface area contributed by atoms with Gasteiger partial charge in [-0.15, -0.1) is 0 Å². The van der Waals surface area contributed by atoms with Gasteiger partial charge in [0.15, 0.2) is 0 Å². The van der Waals surface area contributed by atoms with Crippen molar-refractivity contribution in [1.82, 2.24) is 9.62 Å². The number of hydrogen-bond acceptors (Lipinski definition) is 5. The standard InChI is InChI=1S/C19H21N3O5S/c1-21(2)28(25,26)17-8-4-6-15(12-17)18(23)20-13-14-5-3-7-16(11-14)22-9-10-27-19(22)24/h3-8,11-12H,9-10,13H2,1-2H3,(H,20,23). The van der Waals surface area contributed by atoms with Crippen molar-refractivity contribution in [1.29, 1.82) is 0 Å². The van der Waals surface area contributed by atoms with Crippen LogP contribution in [0.4, 0.5) is 10.5 Å². The molecule has 0 spiro atoms. The van der Waals surface area contributed by atoms with Crippen LogP contribution in [0.3, 0.4) is 0 Å². The number of anilines is 1. The topological polar surface area (TPSA) is 96.0 Å². The molecule has 8 nitrogen and oxygen atoms in total. The lowest BCUT2D eigenvalue weighted by Crippen LogP contribution is -2.25. The van der Waals surface area contributed by atoms with E-state index in [0.29, 0.717) is 18.8 Å². The number of carbonyl (C=O) groups excluding carboxylic acids is 2. The van der Waals surface area contributed by atoms with Crippen LogP contribution < -0.4 is 10.2 Å². The lowest BCUT2D eigenvalue weighted by molar-refractivity contribution is 0.0950. The van der Waals surface area contributed by atoms with Crippen LogP contribution in [-0.4, -0.2) is 52.0 Å². The molecule has 0 atom stereocenters. The first-order chi connectivity index (χ1) is 13.3. The Hall–Kier alpha value is -2.91. The number of benzene rings is 2. The fraction of sp³-hybridized carbons (Fsp3) is 0.263. The highest BCUT2D eigenvalue weighted by molar-refractivity contribution is 7.89. The number of hydrogen-bond donors (Lipinski definition) is 1. The molecule has 2 amide bonds. The molecule has 1 saturated heterocycles. The molecule has 0 saturated carbocycles. The number of carbonyl (C=O) groups is 2. The molecule has 0 aromatic heterocycles. The summed E-state index contributed by atoms with van der Waals surface area (Å²) in [6.07, 6.45) is -0.389. The second kappa shape index (κ2) is 7.99. The fourth-order valence-electron chi connectivity index (χ4n) is 2.76. The molecular formula is C19H21N3O5S. The van der Waals surface area contributed by atoms with Gasteiger partial charge in [-0.2, -0.15) is 0 Å². The Morgan fingerprint density at radius 3 is 2.61 bits per heavy atom. The maximum atomic E-state index is 12.5. The summed E-state index contributed by atoms with van der Waals surface area (Å²) in [6.45, 7) is 1.08. The molecule has 0 aliphatic carbocycles. The van der Waals surface area contributed by atoms with Crippen LogP contribution in [0.5, 0.6) is 0 Å². The van der Waals surface area contributed by atoms with Crippen molar-refractivity contribution in [2.45, 2.75) is 11.4 Å². The normalized spacial score (nSPS) is 14.2. The van der Waals surface area contributed by atoms with Gasteiger partial charge >= 0.3 is 6.09 Å². The quantitative estimate of drug-likeness (QED) is 0.794. The van der Waals surface area contributed by atoms with Gasteiger partial charge < -0.3 is 10.1 Å². The maximum Gasteiger partial charge on any atom is 0.414 e. The van der Waals surface area contributed by atoms with E-state index in [4.69, 9.17) is 4.74 Å². The summed E-state index contributed by atoms with van der Waals surface area (Å²) in [7, 11) is -0.745. The SMILES string of the molecule is CN(C)S(=O)(=O)c1cccc(C(=O)NCc2cccc(N3CCOC3=O)c2)c1. The highest BCUT2D eigenvalue weighted by Gasteiger charge is 2.23. The number of amides is 2. The van der Waals surface area contributed by atoms with Crippen LogP contribution in [-0.2, 0) is 21.3 Å². The van der Waals surface area contributed by atoms with Crippen LogP contribution >= 0.6 is 0 Å². The fourth-order valence-corrected chi connectivity index (χ4v) is 3.70. The Kier molecular flexibility index (Phi) is 5.66. The van der Waals surface area contributed by atoms with Crippen molar-refractivity contribution in [3.05, 3.63) is 59.7 Å². The van der Waals surface area contributed by atoms with Gasteiger partial charge in [0.1, 0.15) is 6.61 Å². The molecular weight excluding hydrogens is 382 g/mol. The van der Waals surface area contributed by atoms with Gasteiger partial charge in [-0.05, 0) is 35.9 Å². The number of ether oxygens (including phenoxy) is 1. The minimum atomic E-state index is -3.62. The molecule has 2 aromatic carbocycles. The van der Waals surface area contributed by atoms with E-state index in [-0.39, 0.29) is 29.0 Å². The second-order valence-electron chi connectivity index (χ2n) is 6.43. The molecule has 1 N–H and O–H groups in total. The second-order valence-corrected chi connectivity index (χ2v) is 8.59. The van der Waals surface area contributed by atoms with Gasteiger partial charge in [-0.25, -0.2) is 17.5 Å². The highest BCUT2D eigenvalue weighted by Crippen LogP contribution is 2.20. The smallest absolute Gasteiger partial charge is 0.414 e. The molecule has 2 aromatic rings.